The van der Waals surface area contributed by atoms with Crippen molar-refractivity contribution >= 4 is 11.8 Å². The topological polar surface area (TPSA) is 120 Å². The molecular formula is C17H21N5O2. The Morgan fingerprint density at radius 3 is 2.54 bits per heavy atom. The molecule has 0 unspecified atom stereocenters. The summed E-state index contributed by atoms with van der Waals surface area (Å²) in [5.41, 5.74) is 12.6. The van der Waals surface area contributed by atoms with E-state index in [1.54, 1.807) is 18.2 Å². The van der Waals surface area contributed by atoms with E-state index in [0.29, 0.717) is 41.9 Å². The first-order valence-electron chi connectivity index (χ1n) is 7.69. The largest absolute Gasteiger partial charge is 0.490 e. The van der Waals surface area contributed by atoms with Crippen LogP contribution in [0, 0.1) is 17.2 Å². The van der Waals surface area contributed by atoms with Gasteiger partial charge in [0.2, 0.25) is 5.95 Å². The molecule has 24 heavy (non-hydrogen) atoms. The molecule has 0 radical (unpaired) electrons. The zero-order valence-corrected chi connectivity index (χ0v) is 14.0. The van der Waals surface area contributed by atoms with Gasteiger partial charge in [0.05, 0.1) is 18.9 Å². The highest BCUT2D eigenvalue weighted by Crippen LogP contribution is 2.34. The zero-order chi connectivity index (χ0) is 17.7. The standard InChI is InChI=1S/C17H21N5O2/c1-4-23-14-7-11(5-6-13(14)24-9-10(2)3)15-12(8-18)16(19)22-17(20)21-15/h5-7,10H,4,9H2,1-3H3,(H4,19,20,21,22). The Hall–Kier alpha value is -3.01. The summed E-state index contributed by atoms with van der Waals surface area (Å²) in [6.07, 6.45) is 0. The Labute approximate surface area is 141 Å². The second-order valence-electron chi connectivity index (χ2n) is 5.60. The Morgan fingerprint density at radius 2 is 1.92 bits per heavy atom. The van der Waals surface area contributed by atoms with Gasteiger partial charge in [0.25, 0.3) is 0 Å². The highest BCUT2D eigenvalue weighted by atomic mass is 16.5. The van der Waals surface area contributed by atoms with Crippen molar-refractivity contribution in [1.82, 2.24) is 9.97 Å². The number of hydrogen-bond donors (Lipinski definition) is 2. The number of ether oxygens (including phenoxy) is 2. The molecule has 0 bridgehead atoms. The fraction of sp³-hybridized carbons (Fsp3) is 0.353. The van der Waals surface area contributed by atoms with Gasteiger partial charge >= 0.3 is 0 Å². The maximum Gasteiger partial charge on any atom is 0.222 e. The van der Waals surface area contributed by atoms with Crippen LogP contribution in [0.3, 0.4) is 0 Å². The van der Waals surface area contributed by atoms with Gasteiger partial charge in [0.1, 0.15) is 17.5 Å². The van der Waals surface area contributed by atoms with E-state index >= 15 is 0 Å². The molecule has 7 heteroatoms. The molecule has 1 heterocycles. The third kappa shape index (κ3) is 3.84. The first kappa shape index (κ1) is 17.3. The maximum absolute atomic E-state index is 9.32. The first-order chi connectivity index (χ1) is 11.5. The third-order valence-electron chi connectivity index (χ3n) is 3.16. The molecule has 7 nitrogen and oxygen atoms in total. The van der Waals surface area contributed by atoms with Crippen molar-refractivity contribution in [2.45, 2.75) is 20.8 Å². The second kappa shape index (κ2) is 7.51. The summed E-state index contributed by atoms with van der Waals surface area (Å²) in [6.45, 7) is 7.10. The van der Waals surface area contributed by atoms with Crippen LogP contribution in [0.4, 0.5) is 11.8 Å². The first-order valence-corrected chi connectivity index (χ1v) is 7.69. The van der Waals surface area contributed by atoms with Crippen LogP contribution in [0.15, 0.2) is 18.2 Å². The fourth-order valence-corrected chi connectivity index (χ4v) is 2.11. The van der Waals surface area contributed by atoms with Crippen molar-refractivity contribution in [3.63, 3.8) is 0 Å². The van der Waals surface area contributed by atoms with E-state index in [4.69, 9.17) is 20.9 Å². The van der Waals surface area contributed by atoms with Gasteiger partial charge in [-0.2, -0.15) is 10.2 Å². The van der Waals surface area contributed by atoms with Gasteiger partial charge in [-0.25, -0.2) is 4.98 Å². The summed E-state index contributed by atoms with van der Waals surface area (Å²) < 4.78 is 11.4. The molecule has 0 aliphatic rings. The number of anilines is 2. The van der Waals surface area contributed by atoms with E-state index < -0.39 is 0 Å². The molecule has 0 aliphatic heterocycles. The lowest BCUT2D eigenvalue weighted by molar-refractivity contribution is 0.248. The fourth-order valence-electron chi connectivity index (χ4n) is 2.11. The van der Waals surface area contributed by atoms with Crippen LogP contribution >= 0.6 is 0 Å². The van der Waals surface area contributed by atoms with Gasteiger partial charge in [0.15, 0.2) is 11.5 Å². The molecule has 1 aromatic heterocycles. The number of nitriles is 1. The van der Waals surface area contributed by atoms with Crippen LogP contribution in [-0.4, -0.2) is 23.2 Å². The van der Waals surface area contributed by atoms with E-state index in [9.17, 15) is 5.26 Å². The van der Waals surface area contributed by atoms with Crippen LogP contribution in [0.25, 0.3) is 11.3 Å². The van der Waals surface area contributed by atoms with Gasteiger partial charge in [-0.3, -0.25) is 0 Å². The zero-order valence-electron chi connectivity index (χ0n) is 14.0. The minimum atomic E-state index is 0.0135. The van der Waals surface area contributed by atoms with Crippen molar-refractivity contribution in [3.05, 3.63) is 23.8 Å². The smallest absolute Gasteiger partial charge is 0.222 e. The Balaban J connectivity index is 2.49. The van der Waals surface area contributed by atoms with Gasteiger partial charge in [-0.1, -0.05) is 13.8 Å². The quantitative estimate of drug-likeness (QED) is 0.836. The van der Waals surface area contributed by atoms with Crippen LogP contribution in [0.5, 0.6) is 11.5 Å². The average molecular weight is 327 g/mol. The predicted octanol–water partition coefficient (Wildman–Crippen LogP) is 2.61. The summed E-state index contributed by atoms with van der Waals surface area (Å²) in [5.74, 6) is 1.68. The normalized spacial score (nSPS) is 10.5. The molecule has 4 N–H and O–H groups in total. The van der Waals surface area contributed by atoms with Gasteiger partial charge in [-0.15, -0.1) is 0 Å². The highest BCUT2D eigenvalue weighted by Gasteiger charge is 2.16. The number of nitrogens with two attached hydrogens (primary N) is 2. The lowest BCUT2D eigenvalue weighted by Gasteiger charge is -2.15. The molecular weight excluding hydrogens is 306 g/mol. The Kier molecular flexibility index (Phi) is 5.42. The molecule has 126 valence electrons. The summed E-state index contributed by atoms with van der Waals surface area (Å²) in [7, 11) is 0. The van der Waals surface area contributed by atoms with Crippen molar-refractivity contribution in [3.8, 4) is 28.8 Å². The highest BCUT2D eigenvalue weighted by molar-refractivity contribution is 5.74. The number of nitrogen functional groups attached to an aromatic ring is 2. The van der Waals surface area contributed by atoms with E-state index in [1.165, 1.54) is 0 Å². The average Bonchev–Trinajstić information content (AvgIpc) is 2.53. The van der Waals surface area contributed by atoms with Crippen LogP contribution in [0.1, 0.15) is 26.3 Å². The van der Waals surface area contributed by atoms with Crippen LogP contribution in [0.2, 0.25) is 0 Å². The molecule has 0 fully saturated rings. The monoisotopic (exact) mass is 327 g/mol. The van der Waals surface area contributed by atoms with E-state index in [1.807, 2.05) is 13.0 Å². The van der Waals surface area contributed by atoms with Crippen LogP contribution < -0.4 is 20.9 Å². The Bertz CT molecular complexity index is 768. The van der Waals surface area contributed by atoms with E-state index in [0.717, 1.165) is 0 Å². The molecule has 0 aliphatic carbocycles. The number of aromatic nitrogens is 2. The Morgan fingerprint density at radius 1 is 1.17 bits per heavy atom. The third-order valence-corrected chi connectivity index (χ3v) is 3.16. The maximum atomic E-state index is 9.32. The number of benzene rings is 1. The van der Waals surface area contributed by atoms with E-state index in [-0.39, 0.29) is 17.3 Å². The SMILES string of the molecule is CCOc1cc(-c2nc(N)nc(N)c2C#N)ccc1OCC(C)C. The summed E-state index contributed by atoms with van der Waals surface area (Å²) in [4.78, 5) is 7.97. The minimum Gasteiger partial charge on any atom is -0.490 e. The molecule has 0 saturated heterocycles. The number of hydrogen-bond acceptors (Lipinski definition) is 7. The summed E-state index contributed by atoms with van der Waals surface area (Å²) in [5, 5.41) is 9.32. The molecule has 2 aromatic rings. The summed E-state index contributed by atoms with van der Waals surface area (Å²) >= 11 is 0. The second-order valence-corrected chi connectivity index (χ2v) is 5.60. The number of nitrogens with zero attached hydrogens (tertiary/aromatic N) is 3. The predicted molar refractivity (Wildman–Crippen MR) is 92.5 cm³/mol. The lowest BCUT2D eigenvalue weighted by Crippen LogP contribution is -2.07. The van der Waals surface area contributed by atoms with Gasteiger partial charge in [0, 0.05) is 5.56 Å². The summed E-state index contributed by atoms with van der Waals surface area (Å²) in [6, 6.07) is 7.37. The molecule has 2 rings (SSSR count). The van der Waals surface area contributed by atoms with Crippen molar-refractivity contribution in [2.75, 3.05) is 24.7 Å². The molecule has 0 spiro atoms. The number of rotatable bonds is 6. The van der Waals surface area contributed by atoms with Gasteiger partial charge in [-0.05, 0) is 31.0 Å². The van der Waals surface area contributed by atoms with E-state index in [2.05, 4.69) is 23.8 Å². The van der Waals surface area contributed by atoms with Crippen molar-refractivity contribution < 1.29 is 9.47 Å². The molecule has 0 saturated carbocycles. The molecule has 0 amide bonds. The molecule has 1 aromatic carbocycles. The lowest BCUT2D eigenvalue weighted by atomic mass is 10.1. The van der Waals surface area contributed by atoms with Crippen molar-refractivity contribution in [2.24, 2.45) is 5.92 Å². The minimum absolute atomic E-state index is 0.0135. The van der Waals surface area contributed by atoms with Gasteiger partial charge < -0.3 is 20.9 Å². The van der Waals surface area contributed by atoms with Crippen molar-refractivity contribution in [1.29, 1.82) is 5.26 Å². The molecule has 0 atom stereocenters. The van der Waals surface area contributed by atoms with Crippen LogP contribution in [-0.2, 0) is 0 Å².